The summed E-state index contributed by atoms with van der Waals surface area (Å²) in [6.07, 6.45) is 11.6. The number of allylic oxidation sites excluding steroid dienone is 2. The maximum atomic E-state index is 12.8. The normalized spacial score (nSPS) is 20.7. The Labute approximate surface area is 338 Å². The van der Waals surface area contributed by atoms with Crippen molar-refractivity contribution < 1.29 is 33.5 Å². The van der Waals surface area contributed by atoms with E-state index in [1.54, 1.807) is 64.9 Å². The molecule has 1 aromatic heterocycles. The van der Waals surface area contributed by atoms with Gasteiger partial charge in [-0.1, -0.05) is 13.2 Å². The van der Waals surface area contributed by atoms with Crippen molar-refractivity contribution in [3.63, 3.8) is 0 Å². The molecule has 1 aromatic rings. The molecule has 314 valence electrons. The van der Waals surface area contributed by atoms with Crippen LogP contribution in [0.1, 0.15) is 129 Å². The molecule has 0 radical (unpaired) electrons. The van der Waals surface area contributed by atoms with Gasteiger partial charge in [0.2, 0.25) is 5.78 Å². The van der Waals surface area contributed by atoms with Crippen molar-refractivity contribution in [2.75, 3.05) is 20.4 Å². The smallest absolute Gasteiger partial charge is 0.408 e. The highest BCUT2D eigenvalue weighted by atomic mass is 32.2. The topological polar surface area (TPSA) is 174 Å². The molecule has 55 heavy (non-hydrogen) atoms. The monoisotopic (exact) mass is 810 g/mol. The third kappa shape index (κ3) is 22.3. The fraction of sp³-hybridized carbons (Fsp3) is 0.725. The number of hydroxylamine groups is 2. The average Bonchev–Trinajstić information content (AvgIpc) is 3.62. The van der Waals surface area contributed by atoms with Gasteiger partial charge in [-0.15, -0.1) is 23.1 Å². The van der Waals surface area contributed by atoms with E-state index in [-0.39, 0.29) is 17.7 Å². The van der Waals surface area contributed by atoms with Gasteiger partial charge in [-0.25, -0.2) is 19.6 Å². The molecule has 3 amide bonds. The number of aromatic nitrogens is 1. The number of ketones is 1. The van der Waals surface area contributed by atoms with E-state index in [4.69, 9.17) is 20.0 Å². The van der Waals surface area contributed by atoms with E-state index in [1.807, 2.05) is 20.1 Å². The largest absolute Gasteiger partial charge is 0.444 e. The van der Waals surface area contributed by atoms with Crippen LogP contribution in [-0.4, -0.2) is 89.7 Å². The maximum absolute atomic E-state index is 12.8. The number of ether oxygens (including phenoxy) is 2. The summed E-state index contributed by atoms with van der Waals surface area (Å²) in [6, 6.07) is -0.567. The number of thiazole rings is 1. The minimum absolute atomic E-state index is 0.141. The van der Waals surface area contributed by atoms with Crippen LogP contribution in [0.5, 0.6) is 0 Å². The van der Waals surface area contributed by atoms with Gasteiger partial charge >= 0.3 is 12.2 Å². The Morgan fingerprint density at radius 2 is 1.35 bits per heavy atom. The Morgan fingerprint density at radius 1 is 0.891 bits per heavy atom. The zero-order valence-electron chi connectivity index (χ0n) is 35.3. The maximum Gasteiger partial charge on any atom is 0.408 e. The summed E-state index contributed by atoms with van der Waals surface area (Å²) in [5.41, 5.74) is 5.70. The van der Waals surface area contributed by atoms with Crippen molar-refractivity contribution in [1.29, 1.82) is 0 Å². The van der Waals surface area contributed by atoms with Crippen LogP contribution in [0.3, 0.4) is 0 Å². The number of Topliss-reactive ketones (excluding diaryl/α,β-unsaturated/α-hetero) is 1. The number of nitrogens with one attached hydrogen (secondary N) is 3. The summed E-state index contributed by atoms with van der Waals surface area (Å²) in [6.45, 7) is 22.3. The van der Waals surface area contributed by atoms with E-state index >= 15 is 0 Å². The lowest BCUT2D eigenvalue weighted by Crippen LogP contribution is -2.49. The quantitative estimate of drug-likeness (QED) is 0.112. The van der Waals surface area contributed by atoms with Crippen molar-refractivity contribution in [2.24, 2.45) is 17.6 Å². The lowest BCUT2D eigenvalue weighted by atomic mass is 9.81. The number of alkyl carbamates (subject to hydrolysis) is 2. The second-order valence-corrected chi connectivity index (χ2v) is 18.4. The zero-order chi connectivity index (χ0) is 41.9. The van der Waals surface area contributed by atoms with E-state index in [0.717, 1.165) is 62.1 Å². The Balaban J connectivity index is 0.000000495. The summed E-state index contributed by atoms with van der Waals surface area (Å²) in [5, 5.41) is 12.2. The van der Waals surface area contributed by atoms with Crippen LogP contribution in [0.4, 0.5) is 9.59 Å². The summed E-state index contributed by atoms with van der Waals surface area (Å²) in [5.74, 6) is 0.326. The van der Waals surface area contributed by atoms with Crippen LogP contribution >= 0.6 is 23.1 Å². The Kier molecular flexibility index (Phi) is 22.2. The first-order chi connectivity index (χ1) is 25.5. The van der Waals surface area contributed by atoms with Crippen LogP contribution in [0, 0.1) is 11.8 Å². The van der Waals surface area contributed by atoms with E-state index in [2.05, 4.69) is 34.1 Å². The predicted molar refractivity (Wildman–Crippen MR) is 224 cm³/mol. The van der Waals surface area contributed by atoms with Crippen molar-refractivity contribution in [3.05, 3.63) is 40.3 Å². The van der Waals surface area contributed by atoms with Crippen LogP contribution < -0.4 is 21.7 Å². The fourth-order valence-electron chi connectivity index (χ4n) is 6.14. The number of amides is 3. The van der Waals surface area contributed by atoms with Gasteiger partial charge in [0.05, 0.1) is 13.2 Å². The lowest BCUT2D eigenvalue weighted by Gasteiger charge is -2.32. The number of likely N-dealkylation sites (N-methyl/N-ethyl adjacent to an activating group) is 1. The first kappa shape index (κ1) is 49.9. The molecule has 0 saturated heterocycles. The van der Waals surface area contributed by atoms with Gasteiger partial charge in [0.15, 0.2) is 5.01 Å². The van der Waals surface area contributed by atoms with Crippen molar-refractivity contribution >= 4 is 47.0 Å². The van der Waals surface area contributed by atoms with Crippen LogP contribution in [-0.2, 0) is 19.1 Å². The predicted octanol–water partition coefficient (Wildman–Crippen LogP) is 7.98. The van der Waals surface area contributed by atoms with Gasteiger partial charge in [-0.3, -0.25) is 14.4 Å². The number of hydrogen-bond acceptors (Lipinski definition) is 12. The SMILES string of the molecule is C=C(C)NC1CCC(C[C@H](NC(=O)OC(C)(C)C)C(=O)c2nccs2)CC1.C=C(C)SC.CON(C)C(=O)[C@H](CC1CCC(N)CC1)NC(=O)OC(C)(C)C. The van der Waals surface area contributed by atoms with Crippen molar-refractivity contribution in [1.82, 2.24) is 26.0 Å². The van der Waals surface area contributed by atoms with Gasteiger partial charge in [0.25, 0.3) is 5.91 Å². The molecule has 2 aliphatic rings. The average molecular weight is 811 g/mol. The molecule has 2 aliphatic carbocycles. The molecule has 3 rings (SSSR count). The molecule has 0 aromatic carbocycles. The fourth-order valence-corrected chi connectivity index (χ4v) is 6.77. The molecule has 0 unspecified atom stereocenters. The van der Waals surface area contributed by atoms with Crippen LogP contribution in [0.15, 0.2) is 35.3 Å². The standard InChI is InChI=1S/C20H31N3O3S.C16H31N3O4.C4H8S/c1-13(2)22-15-8-6-14(7-9-15)12-16(17(24)18-21-10-11-27-18)23-19(25)26-20(3,4)5;1-16(2,3)23-15(21)18-13(14(20)19(4)22-5)10-11-6-8-12(17)9-7-11;1-4(2)5-3/h10-11,14-16,22H,1,6-9,12H2,2-5H3,(H,23,25);11-13H,6-10,17H2,1-5H3,(H,18,21);1H2,2-3H3/t14?,15?,16-;11?,12?,13-;/m00./s1. The molecular weight excluding hydrogens is 741 g/mol. The van der Waals surface area contributed by atoms with Gasteiger partial charge in [0, 0.05) is 36.4 Å². The highest BCUT2D eigenvalue weighted by Crippen LogP contribution is 2.30. The molecular formula is C40H70N6O7S2. The number of thioether (sulfide) groups is 1. The summed E-state index contributed by atoms with van der Waals surface area (Å²) >= 11 is 2.98. The van der Waals surface area contributed by atoms with Crippen LogP contribution in [0.2, 0.25) is 0 Å². The second kappa shape index (κ2) is 24.5. The second-order valence-electron chi connectivity index (χ2n) is 16.4. The molecule has 0 bridgehead atoms. The summed E-state index contributed by atoms with van der Waals surface area (Å²) in [7, 11) is 2.95. The zero-order valence-corrected chi connectivity index (χ0v) is 36.9. The minimum atomic E-state index is -0.658. The van der Waals surface area contributed by atoms with E-state index in [9.17, 15) is 19.2 Å². The summed E-state index contributed by atoms with van der Waals surface area (Å²) < 4.78 is 10.6. The third-order valence-corrected chi connectivity index (χ3v) is 10.4. The van der Waals surface area contributed by atoms with E-state index < -0.39 is 35.5 Å². The highest BCUT2D eigenvalue weighted by molar-refractivity contribution is 8.02. The molecule has 15 heteroatoms. The molecule has 2 atom stereocenters. The summed E-state index contributed by atoms with van der Waals surface area (Å²) in [4.78, 5) is 59.8. The number of nitrogens with two attached hydrogens (primary N) is 1. The Hall–Kier alpha value is -3.14. The first-order valence-corrected chi connectivity index (χ1v) is 21.2. The van der Waals surface area contributed by atoms with Gasteiger partial charge in [-0.2, -0.15) is 0 Å². The number of carbonyl (C=O) groups is 4. The number of hydrogen-bond donors (Lipinski definition) is 4. The number of rotatable bonds is 13. The minimum Gasteiger partial charge on any atom is -0.444 e. The molecule has 0 aliphatic heterocycles. The number of nitrogens with zero attached hydrogens (tertiary/aromatic N) is 2. The van der Waals surface area contributed by atoms with Gasteiger partial charge < -0.3 is 31.2 Å². The van der Waals surface area contributed by atoms with Gasteiger partial charge in [-0.05, 0) is 143 Å². The molecule has 0 spiro atoms. The van der Waals surface area contributed by atoms with Crippen molar-refractivity contribution in [2.45, 2.75) is 155 Å². The molecule has 2 fully saturated rings. The third-order valence-electron chi connectivity index (χ3n) is 8.90. The lowest BCUT2D eigenvalue weighted by molar-refractivity contribution is -0.171. The molecule has 2 saturated carbocycles. The molecule has 1 heterocycles. The van der Waals surface area contributed by atoms with E-state index in [1.165, 1.54) is 30.4 Å². The Morgan fingerprint density at radius 3 is 1.75 bits per heavy atom. The highest BCUT2D eigenvalue weighted by Gasteiger charge is 2.32. The first-order valence-electron chi connectivity index (χ1n) is 19.1. The van der Waals surface area contributed by atoms with Crippen molar-refractivity contribution in [3.8, 4) is 0 Å². The number of carbonyl (C=O) groups excluding carboxylic acids is 4. The Bertz CT molecular complexity index is 1350. The van der Waals surface area contributed by atoms with Crippen LogP contribution in [0.25, 0.3) is 0 Å². The van der Waals surface area contributed by atoms with Gasteiger partial charge in [0.1, 0.15) is 17.2 Å². The molecule has 13 nitrogen and oxygen atoms in total. The molecule has 5 N–H and O–H groups in total. The van der Waals surface area contributed by atoms with E-state index in [0.29, 0.717) is 35.7 Å².